The highest BCUT2D eigenvalue weighted by Gasteiger charge is 2.58. The van der Waals surface area contributed by atoms with Gasteiger partial charge >= 0.3 is 35.1 Å². The van der Waals surface area contributed by atoms with Gasteiger partial charge in [0.25, 0.3) is 0 Å². The van der Waals surface area contributed by atoms with Crippen LogP contribution in [0.25, 0.3) is 0 Å². The van der Waals surface area contributed by atoms with E-state index in [1.54, 1.807) is 6.92 Å². The van der Waals surface area contributed by atoms with E-state index in [2.05, 4.69) is 23.4 Å². The molecule has 0 saturated carbocycles. The number of hydrogen-bond acceptors (Lipinski definition) is 12. The lowest BCUT2D eigenvalue weighted by Crippen LogP contribution is -2.47. The molecular weight excluding hydrogens is 550 g/mol. The van der Waals surface area contributed by atoms with Gasteiger partial charge in [-0.05, 0) is 12.5 Å². The van der Waals surface area contributed by atoms with Crippen molar-refractivity contribution >= 4 is 35.2 Å². The highest BCUT2D eigenvalue weighted by Crippen LogP contribution is 2.66. The topological polar surface area (TPSA) is 273 Å². The third-order valence-corrected chi connectivity index (χ3v) is 7.88. The van der Waals surface area contributed by atoms with Crippen LogP contribution >= 0.6 is 23.5 Å². The molecule has 0 radical (unpaired) electrons. The van der Waals surface area contributed by atoms with Crippen molar-refractivity contribution in [1.82, 2.24) is 9.55 Å². The van der Waals surface area contributed by atoms with Gasteiger partial charge in [0.05, 0.1) is 6.61 Å². The molecule has 1 aliphatic heterocycles. The Morgan fingerprint density at radius 2 is 1.86 bits per heavy atom. The minimum atomic E-state index is -5.84. The van der Waals surface area contributed by atoms with Crippen molar-refractivity contribution in [2.24, 2.45) is 0 Å². The molecule has 0 aliphatic carbocycles. The number of alkyl halides is 1. The molecule has 0 aromatic carbocycles. The first-order chi connectivity index (χ1) is 15.9. The van der Waals surface area contributed by atoms with Crippen LogP contribution in [0.2, 0.25) is 0 Å². The van der Waals surface area contributed by atoms with E-state index in [1.807, 2.05) is 0 Å². The molecule has 18 nitrogen and oxygen atoms in total. The largest absolute Gasteiger partial charge is 0.490 e. The number of phosphoric ester groups is 1. The number of carbonyl (C=O) groups is 1. The van der Waals surface area contributed by atoms with E-state index in [0.29, 0.717) is 6.42 Å². The first kappa shape index (κ1) is 29.8. The fourth-order valence-electron chi connectivity index (χ4n) is 2.71. The molecule has 200 valence electrons. The third-order valence-electron chi connectivity index (χ3n) is 4.08. The number of carbonyl (C=O) groups excluding carboxylic acids is 1. The summed E-state index contributed by atoms with van der Waals surface area (Å²) < 4.78 is 65.2. The molecule has 7 N–H and O–H groups in total. The Bertz CT molecular complexity index is 1140. The van der Waals surface area contributed by atoms with E-state index in [1.165, 1.54) is 0 Å². The average molecular weight is 571 g/mol. The lowest BCUT2D eigenvalue weighted by molar-refractivity contribution is -0.239. The number of aliphatic hydroxyl groups excluding tert-OH is 2. The molecule has 1 amide bonds. The van der Waals surface area contributed by atoms with Gasteiger partial charge in [-0.3, -0.25) is 9.32 Å². The van der Waals surface area contributed by atoms with E-state index < -0.39 is 66.0 Å². The summed E-state index contributed by atoms with van der Waals surface area (Å²) in [7, 11) is -17.1. The fraction of sp³-hybridized carbons (Fsp3) is 0.615. The SMILES string of the molecule is CCCC(=O)Nc1ccn([C@]2(F)O[C@H](COP(=O)(O)OP(=O)(O)OP(=O)(O)O)[C@@H](O)[C@H]2O)c(=O)n1. The number of aromatic nitrogens is 2. The Morgan fingerprint density at radius 1 is 1.23 bits per heavy atom. The van der Waals surface area contributed by atoms with Crippen molar-refractivity contribution < 1.29 is 70.5 Å². The summed E-state index contributed by atoms with van der Waals surface area (Å²) >= 11 is 0. The van der Waals surface area contributed by atoms with Crippen LogP contribution in [-0.2, 0) is 42.4 Å². The van der Waals surface area contributed by atoms with Crippen LogP contribution in [-0.4, -0.2) is 70.2 Å². The molecule has 2 heterocycles. The molecule has 22 heteroatoms. The van der Waals surface area contributed by atoms with E-state index in [0.717, 1.165) is 12.3 Å². The molecule has 35 heavy (non-hydrogen) atoms. The monoisotopic (exact) mass is 571 g/mol. The first-order valence-electron chi connectivity index (χ1n) is 9.30. The van der Waals surface area contributed by atoms with Gasteiger partial charge in [0.1, 0.15) is 18.0 Å². The number of hydrogen-bond donors (Lipinski definition) is 7. The highest BCUT2D eigenvalue weighted by atomic mass is 31.3. The summed E-state index contributed by atoms with van der Waals surface area (Å²) in [5.74, 6) is -4.21. The van der Waals surface area contributed by atoms with Crippen LogP contribution in [0.3, 0.4) is 0 Å². The zero-order chi connectivity index (χ0) is 26.8. The van der Waals surface area contributed by atoms with Gasteiger partial charge in [0.15, 0.2) is 6.10 Å². The minimum absolute atomic E-state index is 0.112. The van der Waals surface area contributed by atoms with Crippen molar-refractivity contribution in [2.75, 3.05) is 11.9 Å². The normalized spacial score (nSPS) is 28.3. The van der Waals surface area contributed by atoms with E-state index in [9.17, 15) is 38.4 Å². The standard InChI is InChI=1S/C13H21FN3O15P3/c1-2-3-9(18)15-8-4-5-17(12(21)16-8)13(14)11(20)10(19)7(30-13)6-29-34(25,26)32-35(27,28)31-33(22,23)24/h4-5,7,10-11,19-20H,2-3,6H2,1H3,(H,25,26)(H,27,28)(H2,22,23,24)(H,15,16,18,21)/t7-,10-,11-,13+/m1/s1. The van der Waals surface area contributed by atoms with Gasteiger partial charge in [-0.2, -0.15) is 18.0 Å². The van der Waals surface area contributed by atoms with Crippen LogP contribution in [0.5, 0.6) is 0 Å². The summed E-state index contributed by atoms with van der Waals surface area (Å²) in [6.45, 7) is 0.420. The second-order valence-electron chi connectivity index (χ2n) is 6.85. The van der Waals surface area contributed by atoms with Gasteiger partial charge < -0.3 is 39.8 Å². The summed E-state index contributed by atoms with van der Waals surface area (Å²) in [5.41, 5.74) is -1.37. The number of nitrogens with one attached hydrogen (secondary N) is 1. The maximum absolute atomic E-state index is 15.4. The number of ether oxygens (including phenoxy) is 1. The molecule has 0 bridgehead atoms. The van der Waals surface area contributed by atoms with E-state index in [4.69, 9.17) is 19.4 Å². The molecule has 1 aromatic heterocycles. The minimum Gasteiger partial charge on any atom is -0.387 e. The Kier molecular flexibility index (Phi) is 9.28. The lowest BCUT2D eigenvalue weighted by atomic mass is 10.1. The van der Waals surface area contributed by atoms with E-state index >= 15 is 4.39 Å². The highest BCUT2D eigenvalue weighted by molar-refractivity contribution is 7.66. The maximum Gasteiger partial charge on any atom is 0.490 e. The summed E-state index contributed by atoms with van der Waals surface area (Å²) in [6, 6.07) is 0.984. The Hall–Kier alpha value is -1.43. The van der Waals surface area contributed by atoms with Crippen LogP contribution < -0.4 is 11.0 Å². The number of phosphoric acid groups is 3. The van der Waals surface area contributed by atoms with Crippen molar-refractivity contribution in [1.29, 1.82) is 0 Å². The number of rotatable bonds is 11. The lowest BCUT2D eigenvalue weighted by Gasteiger charge is -2.25. The van der Waals surface area contributed by atoms with Crippen molar-refractivity contribution in [2.45, 2.75) is 44.1 Å². The third kappa shape index (κ3) is 8.03. The summed E-state index contributed by atoms with van der Waals surface area (Å²) in [4.78, 5) is 62.7. The number of nitrogens with zero attached hydrogens (tertiary/aromatic N) is 2. The average Bonchev–Trinajstić information content (AvgIpc) is 2.88. The van der Waals surface area contributed by atoms with Gasteiger partial charge in [-0.15, -0.1) is 0 Å². The van der Waals surface area contributed by atoms with Crippen LogP contribution in [0.15, 0.2) is 17.1 Å². The second-order valence-corrected chi connectivity index (χ2v) is 11.3. The van der Waals surface area contributed by atoms with Crippen LogP contribution in [0.4, 0.5) is 10.2 Å². The maximum atomic E-state index is 15.4. The van der Waals surface area contributed by atoms with Gasteiger partial charge in [-0.25, -0.2) is 23.1 Å². The van der Waals surface area contributed by atoms with E-state index in [-0.39, 0.29) is 16.8 Å². The van der Waals surface area contributed by atoms with Crippen molar-refractivity contribution in [3.05, 3.63) is 22.7 Å². The van der Waals surface area contributed by atoms with Crippen molar-refractivity contribution in [3.8, 4) is 0 Å². The molecule has 2 unspecified atom stereocenters. The predicted molar refractivity (Wildman–Crippen MR) is 108 cm³/mol. The van der Waals surface area contributed by atoms with Crippen molar-refractivity contribution in [3.63, 3.8) is 0 Å². The van der Waals surface area contributed by atoms with Crippen LogP contribution in [0, 0.1) is 0 Å². The number of amides is 1. The number of anilines is 1. The smallest absolute Gasteiger partial charge is 0.387 e. The fourth-order valence-corrected chi connectivity index (χ4v) is 5.74. The number of aliphatic hydroxyl groups is 2. The second kappa shape index (κ2) is 10.9. The molecule has 6 atom stereocenters. The van der Waals surface area contributed by atoms with Gasteiger partial charge in [0, 0.05) is 12.6 Å². The zero-order valence-corrected chi connectivity index (χ0v) is 20.2. The number of halogens is 1. The quantitative estimate of drug-likeness (QED) is 0.157. The molecule has 0 spiro atoms. The Balaban J connectivity index is 2.13. The molecule has 1 aliphatic rings. The summed E-state index contributed by atoms with van der Waals surface area (Å²) in [5, 5.41) is 22.4. The van der Waals surface area contributed by atoms with Crippen LogP contribution in [0.1, 0.15) is 19.8 Å². The Labute approximate surface area is 194 Å². The van der Waals surface area contributed by atoms with Gasteiger partial charge in [0.2, 0.25) is 5.91 Å². The summed E-state index contributed by atoms with van der Waals surface area (Å²) in [6.07, 6.45) is -5.34. The molecule has 1 fully saturated rings. The molecule has 2 rings (SSSR count). The Morgan fingerprint density at radius 3 is 2.40 bits per heavy atom. The zero-order valence-electron chi connectivity index (χ0n) is 17.5. The molecular formula is C13H21FN3O15P3. The predicted octanol–water partition coefficient (Wildman–Crippen LogP) is -0.974. The molecule has 1 aromatic rings. The first-order valence-corrected chi connectivity index (χ1v) is 13.8. The van der Waals surface area contributed by atoms with Gasteiger partial charge in [-0.1, -0.05) is 6.92 Å². The molecule has 1 saturated heterocycles.